The minimum Gasteiger partial charge on any atom is -0.479 e. The van der Waals surface area contributed by atoms with Crippen molar-refractivity contribution in [2.45, 2.75) is 37.8 Å². The molecule has 1 aromatic carbocycles. The van der Waals surface area contributed by atoms with Gasteiger partial charge in [-0.05, 0) is 39.0 Å². The fraction of sp³-hybridized carbons (Fsp3) is 0.417. The highest BCUT2D eigenvalue weighted by atomic mass is 35.5. The fourth-order valence-electron chi connectivity index (χ4n) is 1.40. The lowest BCUT2D eigenvalue weighted by molar-refractivity contribution is -0.127. The van der Waals surface area contributed by atoms with Crippen molar-refractivity contribution < 1.29 is 17.9 Å². The first-order valence-electron chi connectivity index (χ1n) is 5.90. The molecule has 3 N–H and O–H groups in total. The first-order chi connectivity index (χ1) is 9.11. The molecule has 0 bridgehead atoms. The summed E-state index contributed by atoms with van der Waals surface area (Å²) in [4.78, 5) is 11.6. The van der Waals surface area contributed by atoms with Gasteiger partial charge in [-0.1, -0.05) is 11.6 Å². The first kappa shape index (κ1) is 16.7. The number of benzene rings is 1. The van der Waals surface area contributed by atoms with E-state index in [1.165, 1.54) is 18.2 Å². The van der Waals surface area contributed by atoms with Crippen LogP contribution in [0.3, 0.4) is 0 Å². The lowest BCUT2D eigenvalue weighted by atomic mass is 10.3. The number of hydrogen-bond acceptors (Lipinski definition) is 4. The molecule has 0 aliphatic rings. The van der Waals surface area contributed by atoms with Crippen LogP contribution in [0, 0.1) is 0 Å². The van der Waals surface area contributed by atoms with Gasteiger partial charge in [-0.15, -0.1) is 0 Å². The molecule has 1 atom stereocenters. The summed E-state index contributed by atoms with van der Waals surface area (Å²) < 4.78 is 27.7. The third kappa shape index (κ3) is 4.66. The van der Waals surface area contributed by atoms with Gasteiger partial charge < -0.3 is 10.1 Å². The zero-order valence-corrected chi connectivity index (χ0v) is 13.0. The first-order valence-corrected chi connectivity index (χ1v) is 7.83. The van der Waals surface area contributed by atoms with Gasteiger partial charge in [0, 0.05) is 6.04 Å². The van der Waals surface area contributed by atoms with E-state index in [1.54, 1.807) is 6.92 Å². The lowest BCUT2D eigenvalue weighted by Crippen LogP contribution is -2.40. The largest absolute Gasteiger partial charge is 0.479 e. The summed E-state index contributed by atoms with van der Waals surface area (Å²) in [5.41, 5.74) is 0. The molecular formula is C12H17ClN2O4S. The number of primary sulfonamides is 1. The van der Waals surface area contributed by atoms with Crippen LogP contribution in [0.1, 0.15) is 20.8 Å². The van der Waals surface area contributed by atoms with E-state index in [9.17, 15) is 13.2 Å². The Kier molecular flexibility index (Phi) is 5.38. The maximum absolute atomic E-state index is 11.7. The van der Waals surface area contributed by atoms with E-state index in [4.69, 9.17) is 21.5 Å². The molecule has 20 heavy (non-hydrogen) atoms. The number of carbonyl (C=O) groups excluding carboxylic acids is 1. The van der Waals surface area contributed by atoms with E-state index in [0.29, 0.717) is 0 Å². The number of rotatable bonds is 5. The van der Waals surface area contributed by atoms with Crippen LogP contribution in [0.4, 0.5) is 0 Å². The van der Waals surface area contributed by atoms with Crippen molar-refractivity contribution in [1.82, 2.24) is 5.32 Å². The zero-order valence-electron chi connectivity index (χ0n) is 11.4. The van der Waals surface area contributed by atoms with Gasteiger partial charge in [0.2, 0.25) is 10.0 Å². The molecule has 112 valence electrons. The molecule has 0 aromatic heterocycles. The molecule has 1 amide bonds. The number of ether oxygens (including phenoxy) is 1. The van der Waals surface area contributed by atoms with Gasteiger partial charge in [0.05, 0.1) is 9.92 Å². The van der Waals surface area contributed by atoms with Crippen molar-refractivity contribution in [3.8, 4) is 5.75 Å². The summed E-state index contributed by atoms with van der Waals surface area (Å²) in [5.74, 6) is -0.0722. The average molecular weight is 321 g/mol. The molecule has 0 aliphatic heterocycles. The number of halogens is 1. The number of nitrogens with one attached hydrogen (secondary N) is 1. The van der Waals surface area contributed by atoms with Crippen molar-refractivity contribution in [2.75, 3.05) is 0 Å². The zero-order chi connectivity index (χ0) is 15.5. The van der Waals surface area contributed by atoms with Crippen LogP contribution in [0.15, 0.2) is 23.1 Å². The van der Waals surface area contributed by atoms with Crippen LogP contribution >= 0.6 is 11.6 Å². The SMILES string of the molecule is CC(C)NC(=O)C(C)Oc1ccc(S(N)(=O)=O)cc1Cl. The van der Waals surface area contributed by atoms with Crippen LogP contribution in [0.2, 0.25) is 5.02 Å². The van der Waals surface area contributed by atoms with E-state index < -0.39 is 16.1 Å². The number of sulfonamides is 1. The maximum atomic E-state index is 11.7. The molecule has 0 fully saturated rings. The number of nitrogens with two attached hydrogens (primary N) is 1. The summed E-state index contributed by atoms with van der Waals surface area (Å²) in [5, 5.41) is 7.75. The summed E-state index contributed by atoms with van der Waals surface area (Å²) in [6, 6.07) is 3.80. The van der Waals surface area contributed by atoms with Crippen LogP contribution in [0.5, 0.6) is 5.75 Å². The van der Waals surface area contributed by atoms with Gasteiger partial charge in [-0.3, -0.25) is 4.79 Å². The van der Waals surface area contributed by atoms with Gasteiger partial charge in [-0.2, -0.15) is 0 Å². The predicted molar refractivity (Wildman–Crippen MR) is 76.2 cm³/mol. The predicted octanol–water partition coefficient (Wildman–Crippen LogP) is 1.28. The number of hydrogen-bond donors (Lipinski definition) is 2. The summed E-state index contributed by atoms with van der Waals surface area (Å²) in [6.45, 7) is 5.23. The third-order valence-electron chi connectivity index (χ3n) is 2.34. The molecule has 0 aliphatic carbocycles. The Morgan fingerprint density at radius 1 is 1.35 bits per heavy atom. The highest BCUT2D eigenvalue weighted by Gasteiger charge is 2.18. The summed E-state index contributed by atoms with van der Waals surface area (Å²) in [6.07, 6.45) is -0.754. The van der Waals surface area contributed by atoms with Crippen LogP contribution in [-0.4, -0.2) is 26.5 Å². The Hall–Kier alpha value is -1.31. The van der Waals surface area contributed by atoms with Crippen LogP contribution in [-0.2, 0) is 14.8 Å². The van der Waals surface area contributed by atoms with Gasteiger partial charge >= 0.3 is 0 Å². The molecule has 0 spiro atoms. The summed E-state index contributed by atoms with van der Waals surface area (Å²) in [7, 11) is -3.82. The van der Waals surface area contributed by atoms with Gasteiger partial charge in [0.25, 0.3) is 5.91 Å². The quantitative estimate of drug-likeness (QED) is 0.853. The number of amides is 1. The molecule has 6 nitrogen and oxygen atoms in total. The molecule has 0 radical (unpaired) electrons. The van der Waals surface area contributed by atoms with E-state index in [1.807, 2.05) is 13.8 Å². The molecule has 0 saturated heterocycles. The minimum atomic E-state index is -3.82. The Morgan fingerprint density at radius 3 is 2.40 bits per heavy atom. The Bertz CT molecular complexity index is 601. The van der Waals surface area contributed by atoms with Crippen LogP contribution < -0.4 is 15.2 Å². The van der Waals surface area contributed by atoms with Gasteiger partial charge in [0.1, 0.15) is 5.75 Å². The Morgan fingerprint density at radius 2 is 1.95 bits per heavy atom. The minimum absolute atomic E-state index is 0.00576. The van der Waals surface area contributed by atoms with Gasteiger partial charge in [0.15, 0.2) is 6.10 Å². The maximum Gasteiger partial charge on any atom is 0.260 e. The smallest absolute Gasteiger partial charge is 0.260 e. The normalized spacial score (nSPS) is 13.1. The second kappa shape index (κ2) is 6.43. The fourth-order valence-corrected chi connectivity index (χ4v) is 2.23. The average Bonchev–Trinajstić information content (AvgIpc) is 2.29. The Labute approximate surface area is 123 Å². The summed E-state index contributed by atoms with van der Waals surface area (Å²) >= 11 is 5.91. The van der Waals surface area contributed by atoms with E-state index >= 15 is 0 Å². The second-order valence-electron chi connectivity index (χ2n) is 4.56. The van der Waals surface area contributed by atoms with E-state index in [0.717, 1.165) is 0 Å². The third-order valence-corrected chi connectivity index (χ3v) is 3.54. The molecule has 8 heteroatoms. The van der Waals surface area contributed by atoms with E-state index in [-0.39, 0.29) is 27.6 Å². The standard InChI is InChI=1S/C12H17ClN2O4S/c1-7(2)15-12(16)8(3)19-11-5-4-9(6-10(11)13)20(14,17)18/h4-8H,1-3H3,(H,15,16)(H2,14,17,18). The Balaban J connectivity index is 2.87. The molecular weight excluding hydrogens is 304 g/mol. The topological polar surface area (TPSA) is 98.5 Å². The lowest BCUT2D eigenvalue weighted by Gasteiger charge is -2.17. The van der Waals surface area contributed by atoms with Crippen molar-refractivity contribution in [3.05, 3.63) is 23.2 Å². The molecule has 1 rings (SSSR count). The van der Waals surface area contributed by atoms with Crippen molar-refractivity contribution in [2.24, 2.45) is 5.14 Å². The highest BCUT2D eigenvalue weighted by Crippen LogP contribution is 2.27. The number of carbonyl (C=O) groups is 1. The van der Waals surface area contributed by atoms with Crippen LogP contribution in [0.25, 0.3) is 0 Å². The van der Waals surface area contributed by atoms with Crippen molar-refractivity contribution in [1.29, 1.82) is 0 Å². The van der Waals surface area contributed by atoms with Crippen molar-refractivity contribution >= 4 is 27.5 Å². The molecule has 0 heterocycles. The van der Waals surface area contributed by atoms with Crippen molar-refractivity contribution in [3.63, 3.8) is 0 Å². The molecule has 0 saturated carbocycles. The second-order valence-corrected chi connectivity index (χ2v) is 6.53. The molecule has 1 aromatic rings. The monoisotopic (exact) mass is 320 g/mol. The molecule has 1 unspecified atom stereocenters. The highest BCUT2D eigenvalue weighted by molar-refractivity contribution is 7.89. The van der Waals surface area contributed by atoms with E-state index in [2.05, 4.69) is 5.32 Å². The van der Waals surface area contributed by atoms with Gasteiger partial charge in [-0.25, -0.2) is 13.6 Å².